The van der Waals surface area contributed by atoms with Crippen LogP contribution >= 0.6 is 23.2 Å². The number of fused-ring (bicyclic) bond motifs is 1. The van der Waals surface area contributed by atoms with Crippen molar-refractivity contribution in [3.63, 3.8) is 0 Å². The van der Waals surface area contributed by atoms with Gasteiger partial charge < -0.3 is 19.3 Å². The number of anilines is 1. The van der Waals surface area contributed by atoms with Gasteiger partial charge in [0, 0.05) is 18.2 Å². The first-order valence-corrected chi connectivity index (χ1v) is 7.95. The molecule has 0 unspecified atom stereocenters. The lowest BCUT2D eigenvalue weighted by molar-refractivity contribution is -0.305. The minimum absolute atomic E-state index is 0.0831. The summed E-state index contributed by atoms with van der Waals surface area (Å²) in [4.78, 5) is 11.7. The summed E-state index contributed by atoms with van der Waals surface area (Å²) in [6.07, 6.45) is -7.25. The van der Waals surface area contributed by atoms with Gasteiger partial charge in [-0.15, -0.1) is 0 Å². The zero-order valence-corrected chi connectivity index (χ0v) is 14.9. The number of hydrogen-bond acceptors (Lipinski definition) is 4. The lowest BCUT2D eigenvalue weighted by Gasteiger charge is -2.37. The predicted molar refractivity (Wildman–Crippen MR) is 90.0 cm³/mol. The van der Waals surface area contributed by atoms with E-state index in [1.54, 1.807) is 0 Å². The SMILES string of the molecule is COc1cccc(N(C(=O)O)C2(C(F)(F)F)Oc3cc(Cl)c(Cl)cc3O2)c1. The number of halogens is 5. The summed E-state index contributed by atoms with van der Waals surface area (Å²) in [5, 5.41) is 9.37. The van der Waals surface area contributed by atoms with Crippen LogP contribution in [0.1, 0.15) is 0 Å². The number of alkyl halides is 3. The van der Waals surface area contributed by atoms with E-state index in [0.29, 0.717) is 0 Å². The van der Waals surface area contributed by atoms with Gasteiger partial charge in [-0.25, -0.2) is 4.79 Å². The predicted octanol–water partition coefficient (Wildman–Crippen LogP) is 5.17. The van der Waals surface area contributed by atoms with Crippen LogP contribution in [0.25, 0.3) is 0 Å². The van der Waals surface area contributed by atoms with Crippen LogP contribution in [0, 0.1) is 0 Å². The van der Waals surface area contributed by atoms with Crippen LogP contribution in [-0.4, -0.2) is 30.4 Å². The number of carboxylic acid groups (broad SMARTS) is 1. The van der Waals surface area contributed by atoms with E-state index < -0.39 is 29.7 Å². The molecule has 0 spiro atoms. The molecular formula is C16H10Cl2F3NO5. The summed E-state index contributed by atoms with van der Waals surface area (Å²) in [7, 11) is 1.28. The molecule has 1 aliphatic heterocycles. The second-order valence-corrected chi connectivity index (χ2v) is 6.13. The van der Waals surface area contributed by atoms with Gasteiger partial charge in [0.1, 0.15) is 5.75 Å². The Labute approximate surface area is 160 Å². The van der Waals surface area contributed by atoms with Crippen molar-refractivity contribution in [1.82, 2.24) is 0 Å². The second-order valence-electron chi connectivity index (χ2n) is 5.32. The molecule has 2 aromatic rings. The van der Waals surface area contributed by atoms with E-state index in [9.17, 15) is 23.1 Å². The fourth-order valence-corrected chi connectivity index (χ4v) is 2.79. The summed E-state index contributed by atoms with van der Waals surface area (Å²) in [5.41, 5.74) is -0.385. The van der Waals surface area contributed by atoms with E-state index in [0.717, 1.165) is 24.3 Å². The lowest BCUT2D eigenvalue weighted by atomic mass is 10.2. The zero-order chi connectivity index (χ0) is 20.0. The van der Waals surface area contributed by atoms with E-state index in [-0.39, 0.29) is 26.4 Å². The molecule has 0 bridgehead atoms. The van der Waals surface area contributed by atoms with Gasteiger partial charge in [0.2, 0.25) is 0 Å². The molecule has 1 N–H and O–H groups in total. The fraction of sp³-hybridized carbons (Fsp3) is 0.188. The third-order valence-corrected chi connectivity index (χ3v) is 4.36. The van der Waals surface area contributed by atoms with Crippen LogP contribution in [0.15, 0.2) is 36.4 Å². The standard InChI is InChI=1S/C16H10Cl2F3NO5/c1-25-9-4-2-3-8(5-9)22(14(23)24)16(15(19,20)21)26-12-6-10(17)11(18)7-13(12)27-16/h2-7H,1H3,(H,23,24). The highest BCUT2D eigenvalue weighted by atomic mass is 35.5. The van der Waals surface area contributed by atoms with Gasteiger partial charge in [0.15, 0.2) is 11.5 Å². The van der Waals surface area contributed by atoms with Crippen molar-refractivity contribution in [1.29, 1.82) is 0 Å². The molecule has 144 valence electrons. The van der Waals surface area contributed by atoms with Crippen molar-refractivity contribution >= 4 is 35.0 Å². The zero-order valence-electron chi connectivity index (χ0n) is 13.4. The summed E-state index contributed by atoms with van der Waals surface area (Å²) in [6, 6.07) is 7.02. The first kappa shape index (κ1) is 19.2. The average molecular weight is 424 g/mol. The van der Waals surface area contributed by atoms with Crippen molar-refractivity contribution in [2.45, 2.75) is 12.1 Å². The quantitative estimate of drug-likeness (QED) is 0.736. The summed E-state index contributed by atoms with van der Waals surface area (Å²) < 4.78 is 56.9. The third-order valence-electron chi connectivity index (χ3n) is 3.64. The van der Waals surface area contributed by atoms with Crippen molar-refractivity contribution < 1.29 is 37.3 Å². The maximum atomic E-state index is 14.0. The topological polar surface area (TPSA) is 68.2 Å². The first-order chi connectivity index (χ1) is 12.6. The van der Waals surface area contributed by atoms with E-state index in [2.05, 4.69) is 0 Å². The number of hydrogen-bond donors (Lipinski definition) is 1. The summed E-state index contributed by atoms with van der Waals surface area (Å²) in [6.45, 7) is 0. The fourth-order valence-electron chi connectivity index (χ4n) is 2.48. The monoisotopic (exact) mass is 423 g/mol. The van der Waals surface area contributed by atoms with Crippen molar-refractivity contribution in [2.24, 2.45) is 0 Å². The molecule has 0 aliphatic carbocycles. The van der Waals surface area contributed by atoms with Crippen LogP contribution in [-0.2, 0) is 0 Å². The van der Waals surface area contributed by atoms with Crippen LogP contribution in [0.2, 0.25) is 10.0 Å². The minimum Gasteiger partial charge on any atom is -0.497 e. The Bertz CT molecular complexity index is 875. The Balaban J connectivity index is 2.18. The molecule has 1 aliphatic rings. The van der Waals surface area contributed by atoms with E-state index in [1.165, 1.54) is 19.2 Å². The Morgan fingerprint density at radius 3 is 2.15 bits per heavy atom. The van der Waals surface area contributed by atoms with E-state index >= 15 is 0 Å². The summed E-state index contributed by atoms with van der Waals surface area (Å²) >= 11 is 11.6. The van der Waals surface area contributed by atoms with Gasteiger partial charge in [-0.2, -0.15) is 18.1 Å². The third kappa shape index (κ3) is 3.17. The second kappa shape index (κ2) is 6.58. The highest BCUT2D eigenvalue weighted by Gasteiger charge is 2.70. The Kier molecular flexibility index (Phi) is 4.69. The molecule has 1 heterocycles. The van der Waals surface area contributed by atoms with E-state index in [1.807, 2.05) is 0 Å². The Hall–Kier alpha value is -2.52. The molecular weight excluding hydrogens is 414 g/mol. The molecule has 11 heteroatoms. The molecule has 27 heavy (non-hydrogen) atoms. The number of amides is 1. The maximum Gasteiger partial charge on any atom is 0.492 e. The van der Waals surface area contributed by atoms with Gasteiger partial charge >= 0.3 is 18.2 Å². The molecule has 0 fully saturated rings. The Morgan fingerprint density at radius 2 is 1.70 bits per heavy atom. The lowest BCUT2D eigenvalue weighted by Crippen LogP contribution is -2.66. The van der Waals surface area contributed by atoms with Crippen molar-refractivity contribution in [2.75, 3.05) is 12.0 Å². The van der Waals surface area contributed by atoms with Crippen LogP contribution in [0.4, 0.5) is 23.7 Å². The van der Waals surface area contributed by atoms with Crippen molar-refractivity contribution in [3.05, 3.63) is 46.4 Å². The average Bonchev–Trinajstić information content (AvgIpc) is 2.94. The molecule has 0 saturated carbocycles. The number of methoxy groups -OCH3 is 1. The highest BCUT2D eigenvalue weighted by molar-refractivity contribution is 6.42. The molecule has 6 nitrogen and oxygen atoms in total. The molecule has 0 saturated heterocycles. The number of carbonyl (C=O) groups is 1. The van der Waals surface area contributed by atoms with Crippen LogP contribution < -0.4 is 19.1 Å². The van der Waals surface area contributed by atoms with Gasteiger partial charge in [-0.3, -0.25) is 0 Å². The minimum atomic E-state index is -5.29. The number of rotatable bonds is 3. The summed E-state index contributed by atoms with van der Waals surface area (Å²) in [5.74, 6) is -4.36. The van der Waals surface area contributed by atoms with E-state index in [4.69, 9.17) is 37.4 Å². The number of benzene rings is 2. The molecule has 2 aromatic carbocycles. The first-order valence-electron chi connectivity index (χ1n) is 7.20. The molecule has 0 aromatic heterocycles. The maximum absolute atomic E-state index is 14.0. The van der Waals surface area contributed by atoms with Crippen LogP contribution in [0.5, 0.6) is 17.2 Å². The Morgan fingerprint density at radius 1 is 1.15 bits per heavy atom. The molecule has 1 amide bonds. The van der Waals surface area contributed by atoms with Crippen molar-refractivity contribution in [3.8, 4) is 17.2 Å². The largest absolute Gasteiger partial charge is 0.497 e. The number of ether oxygens (including phenoxy) is 3. The number of nitrogens with zero attached hydrogens (tertiary/aromatic N) is 1. The smallest absolute Gasteiger partial charge is 0.492 e. The van der Waals surface area contributed by atoms with Gasteiger partial charge in [-0.1, -0.05) is 29.3 Å². The molecule has 3 rings (SSSR count). The normalized spacial score (nSPS) is 14.7. The highest BCUT2D eigenvalue weighted by Crippen LogP contribution is 2.51. The van der Waals surface area contributed by atoms with Gasteiger partial charge in [-0.05, 0) is 12.1 Å². The molecule has 0 radical (unpaired) electrons. The van der Waals surface area contributed by atoms with Crippen LogP contribution in [0.3, 0.4) is 0 Å². The molecule has 0 atom stereocenters. The van der Waals surface area contributed by atoms with Gasteiger partial charge in [0.05, 0.1) is 22.8 Å². The van der Waals surface area contributed by atoms with Gasteiger partial charge in [0.25, 0.3) is 0 Å².